The molecule has 2 aromatic rings. The summed E-state index contributed by atoms with van der Waals surface area (Å²) in [6, 6.07) is 8.28. The molecule has 0 saturated carbocycles. The predicted molar refractivity (Wildman–Crippen MR) is 64.3 cm³/mol. The quantitative estimate of drug-likeness (QED) is 0.718. The van der Waals surface area contributed by atoms with E-state index in [9.17, 15) is 5.11 Å². The van der Waals surface area contributed by atoms with Gasteiger partial charge < -0.3 is 15.4 Å². The van der Waals surface area contributed by atoms with E-state index in [0.29, 0.717) is 0 Å². The summed E-state index contributed by atoms with van der Waals surface area (Å²) < 4.78 is 0. The van der Waals surface area contributed by atoms with Crippen LogP contribution in [0.4, 0.5) is 0 Å². The number of rotatable bonds is 2. The zero-order valence-corrected chi connectivity index (χ0v) is 9.11. The molecule has 1 aromatic carbocycles. The van der Waals surface area contributed by atoms with Crippen LogP contribution in [-0.2, 0) is 0 Å². The zero-order valence-electron chi connectivity index (χ0n) is 9.11. The molecule has 2 atom stereocenters. The normalized spacial score (nSPS) is 22.7. The van der Waals surface area contributed by atoms with Gasteiger partial charge in [-0.25, -0.2) is 0 Å². The van der Waals surface area contributed by atoms with Crippen molar-refractivity contribution < 1.29 is 5.11 Å². The lowest BCUT2D eigenvalue weighted by molar-refractivity contribution is 0.139. The van der Waals surface area contributed by atoms with Gasteiger partial charge in [0.2, 0.25) is 0 Å². The lowest BCUT2D eigenvalue weighted by atomic mass is 9.98. The summed E-state index contributed by atoms with van der Waals surface area (Å²) in [6.45, 7) is 1.02. The van der Waals surface area contributed by atoms with Gasteiger partial charge in [0.15, 0.2) is 0 Å². The molecule has 1 aliphatic rings. The fourth-order valence-corrected chi connectivity index (χ4v) is 2.57. The maximum Gasteiger partial charge on any atom is 0.0949 e. The van der Waals surface area contributed by atoms with Crippen LogP contribution in [0, 0.1) is 0 Å². The Bertz CT molecular complexity index is 485. The SMILES string of the molecule is OC(c1cccc2[nH]ccc12)C1CCCN1. The Morgan fingerprint density at radius 1 is 1.31 bits per heavy atom. The van der Waals surface area contributed by atoms with Crippen molar-refractivity contribution in [2.24, 2.45) is 0 Å². The number of fused-ring (bicyclic) bond motifs is 1. The summed E-state index contributed by atoms with van der Waals surface area (Å²) >= 11 is 0. The molecule has 0 bridgehead atoms. The van der Waals surface area contributed by atoms with Gasteiger partial charge in [0.25, 0.3) is 0 Å². The Hall–Kier alpha value is -1.32. The Morgan fingerprint density at radius 2 is 2.25 bits per heavy atom. The Kier molecular flexibility index (Phi) is 2.42. The van der Waals surface area contributed by atoms with E-state index in [2.05, 4.69) is 10.3 Å². The lowest BCUT2D eigenvalue weighted by Crippen LogP contribution is -2.28. The van der Waals surface area contributed by atoms with Crippen LogP contribution in [0.5, 0.6) is 0 Å². The van der Waals surface area contributed by atoms with Crippen LogP contribution < -0.4 is 5.32 Å². The fraction of sp³-hybridized carbons (Fsp3) is 0.385. The highest BCUT2D eigenvalue weighted by atomic mass is 16.3. The second-order valence-corrected chi connectivity index (χ2v) is 4.43. The maximum atomic E-state index is 10.4. The van der Waals surface area contributed by atoms with E-state index in [1.807, 2.05) is 30.5 Å². The lowest BCUT2D eigenvalue weighted by Gasteiger charge is -2.19. The number of aliphatic hydroxyl groups excluding tert-OH is 1. The molecule has 3 rings (SSSR count). The Balaban J connectivity index is 2.00. The molecule has 84 valence electrons. The number of hydrogen-bond donors (Lipinski definition) is 3. The smallest absolute Gasteiger partial charge is 0.0949 e. The number of aromatic nitrogens is 1. The first kappa shape index (κ1) is 9.87. The maximum absolute atomic E-state index is 10.4. The number of nitrogens with one attached hydrogen (secondary N) is 2. The van der Waals surface area contributed by atoms with Crippen molar-refractivity contribution in [1.29, 1.82) is 0 Å². The average molecular weight is 216 g/mol. The highest BCUT2D eigenvalue weighted by molar-refractivity contribution is 5.83. The monoisotopic (exact) mass is 216 g/mol. The minimum atomic E-state index is -0.401. The molecular weight excluding hydrogens is 200 g/mol. The van der Waals surface area contributed by atoms with Gasteiger partial charge in [0, 0.05) is 23.1 Å². The van der Waals surface area contributed by atoms with E-state index in [4.69, 9.17) is 0 Å². The Labute approximate surface area is 94.5 Å². The minimum Gasteiger partial charge on any atom is -0.387 e. The van der Waals surface area contributed by atoms with E-state index < -0.39 is 6.10 Å². The number of hydrogen-bond acceptors (Lipinski definition) is 2. The van der Waals surface area contributed by atoms with Crippen molar-refractivity contribution in [3.63, 3.8) is 0 Å². The molecule has 16 heavy (non-hydrogen) atoms. The summed E-state index contributed by atoms with van der Waals surface area (Å²) in [5.41, 5.74) is 2.12. The van der Waals surface area contributed by atoms with Gasteiger partial charge >= 0.3 is 0 Å². The summed E-state index contributed by atoms with van der Waals surface area (Å²) in [7, 11) is 0. The third-order valence-electron chi connectivity index (χ3n) is 3.43. The second-order valence-electron chi connectivity index (χ2n) is 4.43. The van der Waals surface area contributed by atoms with Crippen molar-refractivity contribution in [1.82, 2.24) is 10.3 Å². The van der Waals surface area contributed by atoms with Gasteiger partial charge in [-0.3, -0.25) is 0 Å². The molecule has 1 aromatic heterocycles. The third-order valence-corrected chi connectivity index (χ3v) is 3.43. The van der Waals surface area contributed by atoms with Gasteiger partial charge in [-0.2, -0.15) is 0 Å². The topological polar surface area (TPSA) is 48.0 Å². The molecule has 1 aliphatic heterocycles. The summed E-state index contributed by atoms with van der Waals surface area (Å²) in [5.74, 6) is 0. The van der Waals surface area contributed by atoms with Gasteiger partial charge in [-0.15, -0.1) is 0 Å². The van der Waals surface area contributed by atoms with Crippen LogP contribution in [-0.4, -0.2) is 22.7 Å². The summed E-state index contributed by atoms with van der Waals surface area (Å²) in [6.07, 6.45) is 3.73. The van der Waals surface area contributed by atoms with Crippen LogP contribution in [0.15, 0.2) is 30.5 Å². The number of benzene rings is 1. The van der Waals surface area contributed by atoms with Crippen molar-refractivity contribution in [3.8, 4) is 0 Å². The number of H-pyrrole nitrogens is 1. The average Bonchev–Trinajstić information content (AvgIpc) is 2.98. The molecule has 0 radical (unpaired) electrons. The van der Waals surface area contributed by atoms with Crippen molar-refractivity contribution in [2.75, 3.05) is 6.54 Å². The highest BCUT2D eigenvalue weighted by Crippen LogP contribution is 2.28. The largest absolute Gasteiger partial charge is 0.387 e. The van der Waals surface area contributed by atoms with E-state index in [1.54, 1.807) is 0 Å². The summed E-state index contributed by atoms with van der Waals surface area (Å²) in [4.78, 5) is 3.17. The standard InChI is InChI=1S/C13H16N2O/c16-13(12-5-2-7-14-12)10-3-1-4-11-9(10)6-8-15-11/h1,3-4,6,8,12-16H,2,5,7H2. The van der Waals surface area contributed by atoms with Crippen LogP contribution in [0.1, 0.15) is 24.5 Å². The van der Waals surface area contributed by atoms with Crippen molar-refractivity contribution in [2.45, 2.75) is 25.0 Å². The van der Waals surface area contributed by atoms with Crippen LogP contribution >= 0.6 is 0 Å². The zero-order chi connectivity index (χ0) is 11.0. The molecule has 3 N–H and O–H groups in total. The third kappa shape index (κ3) is 1.52. The van der Waals surface area contributed by atoms with E-state index in [1.165, 1.54) is 0 Å². The molecule has 1 saturated heterocycles. The van der Waals surface area contributed by atoms with E-state index >= 15 is 0 Å². The first-order valence-electron chi connectivity index (χ1n) is 5.84. The molecule has 1 fully saturated rings. The van der Waals surface area contributed by atoms with Gasteiger partial charge in [0.05, 0.1) is 6.10 Å². The van der Waals surface area contributed by atoms with E-state index in [-0.39, 0.29) is 6.04 Å². The van der Waals surface area contributed by atoms with Crippen molar-refractivity contribution in [3.05, 3.63) is 36.0 Å². The molecule has 3 nitrogen and oxygen atoms in total. The van der Waals surface area contributed by atoms with E-state index in [0.717, 1.165) is 35.9 Å². The Morgan fingerprint density at radius 3 is 3.06 bits per heavy atom. The second kappa shape index (κ2) is 3.92. The van der Waals surface area contributed by atoms with Crippen LogP contribution in [0.25, 0.3) is 10.9 Å². The van der Waals surface area contributed by atoms with Crippen LogP contribution in [0.2, 0.25) is 0 Å². The van der Waals surface area contributed by atoms with Crippen LogP contribution in [0.3, 0.4) is 0 Å². The molecular formula is C13H16N2O. The molecule has 0 aliphatic carbocycles. The highest BCUT2D eigenvalue weighted by Gasteiger charge is 2.25. The molecule has 2 unspecified atom stereocenters. The van der Waals surface area contributed by atoms with Gasteiger partial charge in [-0.05, 0) is 37.1 Å². The minimum absolute atomic E-state index is 0.209. The predicted octanol–water partition coefficient (Wildman–Crippen LogP) is 1.95. The number of aromatic amines is 1. The first-order chi connectivity index (χ1) is 7.86. The van der Waals surface area contributed by atoms with Crippen molar-refractivity contribution >= 4 is 10.9 Å². The molecule has 2 heterocycles. The molecule has 0 spiro atoms. The van der Waals surface area contributed by atoms with Gasteiger partial charge in [0.1, 0.15) is 0 Å². The fourth-order valence-electron chi connectivity index (χ4n) is 2.57. The first-order valence-corrected chi connectivity index (χ1v) is 5.84. The summed E-state index contributed by atoms with van der Waals surface area (Å²) in [5, 5.41) is 14.8. The molecule has 3 heteroatoms. The molecule has 0 amide bonds. The van der Waals surface area contributed by atoms with Gasteiger partial charge in [-0.1, -0.05) is 12.1 Å². The number of aliphatic hydroxyl groups is 1.